The molecule has 20 heavy (non-hydrogen) atoms. The van der Waals surface area contributed by atoms with Gasteiger partial charge in [-0.05, 0) is 36.1 Å². The number of nitrogens with one attached hydrogen (secondary N) is 1. The number of carbonyl (C=O) groups is 2. The SMILES string of the molecule is CN(CC(=O)NC1CCC(C)(C)C1)C(=O)c1cccs1. The summed E-state index contributed by atoms with van der Waals surface area (Å²) >= 11 is 1.40. The molecule has 0 spiro atoms. The second kappa shape index (κ2) is 5.95. The monoisotopic (exact) mass is 294 g/mol. The van der Waals surface area contributed by atoms with E-state index in [1.54, 1.807) is 13.1 Å². The van der Waals surface area contributed by atoms with Gasteiger partial charge in [-0.1, -0.05) is 19.9 Å². The summed E-state index contributed by atoms with van der Waals surface area (Å²) in [6, 6.07) is 3.87. The highest BCUT2D eigenvalue weighted by atomic mass is 32.1. The zero-order valence-electron chi connectivity index (χ0n) is 12.3. The summed E-state index contributed by atoms with van der Waals surface area (Å²) in [6.07, 6.45) is 3.19. The summed E-state index contributed by atoms with van der Waals surface area (Å²) in [7, 11) is 1.67. The Morgan fingerprint density at radius 3 is 2.80 bits per heavy atom. The van der Waals surface area contributed by atoms with Crippen molar-refractivity contribution in [3.05, 3.63) is 22.4 Å². The first-order chi connectivity index (χ1) is 9.37. The molecule has 0 aromatic carbocycles. The molecule has 0 saturated heterocycles. The van der Waals surface area contributed by atoms with Crippen molar-refractivity contribution >= 4 is 23.2 Å². The molecule has 0 bridgehead atoms. The predicted molar refractivity (Wildman–Crippen MR) is 80.8 cm³/mol. The highest BCUT2D eigenvalue weighted by Crippen LogP contribution is 2.36. The van der Waals surface area contributed by atoms with Crippen LogP contribution in [0.4, 0.5) is 0 Å². The second-order valence-corrected chi connectivity index (χ2v) is 7.26. The van der Waals surface area contributed by atoms with Crippen LogP contribution in [-0.4, -0.2) is 36.3 Å². The molecule has 2 rings (SSSR count). The molecule has 1 aliphatic carbocycles. The number of likely N-dealkylation sites (N-methyl/N-ethyl adjacent to an activating group) is 1. The van der Waals surface area contributed by atoms with Gasteiger partial charge in [0.1, 0.15) is 0 Å². The topological polar surface area (TPSA) is 49.4 Å². The maximum atomic E-state index is 12.0. The Bertz CT molecular complexity index is 482. The zero-order chi connectivity index (χ0) is 14.8. The fourth-order valence-electron chi connectivity index (χ4n) is 2.71. The van der Waals surface area contributed by atoms with E-state index in [0.29, 0.717) is 10.3 Å². The van der Waals surface area contributed by atoms with Crippen LogP contribution in [0.2, 0.25) is 0 Å². The van der Waals surface area contributed by atoms with Crippen LogP contribution in [-0.2, 0) is 4.79 Å². The van der Waals surface area contributed by atoms with E-state index in [0.717, 1.165) is 19.3 Å². The number of carbonyl (C=O) groups excluding carboxylic acids is 2. The van der Waals surface area contributed by atoms with Crippen molar-refractivity contribution in [3.8, 4) is 0 Å². The lowest BCUT2D eigenvalue weighted by molar-refractivity contribution is -0.122. The van der Waals surface area contributed by atoms with Crippen LogP contribution >= 0.6 is 11.3 Å². The summed E-state index contributed by atoms with van der Waals surface area (Å²) in [6.45, 7) is 4.57. The third kappa shape index (κ3) is 3.82. The Balaban J connectivity index is 1.81. The molecule has 1 unspecified atom stereocenters. The van der Waals surface area contributed by atoms with Gasteiger partial charge < -0.3 is 10.2 Å². The molecule has 1 fully saturated rings. The first-order valence-corrected chi connectivity index (χ1v) is 7.84. The van der Waals surface area contributed by atoms with Crippen LogP contribution in [0.5, 0.6) is 0 Å². The Morgan fingerprint density at radius 2 is 2.25 bits per heavy atom. The number of thiophene rings is 1. The molecule has 0 radical (unpaired) electrons. The van der Waals surface area contributed by atoms with Crippen molar-refractivity contribution in [2.24, 2.45) is 5.41 Å². The first kappa shape index (κ1) is 15.0. The van der Waals surface area contributed by atoms with Gasteiger partial charge in [0.15, 0.2) is 0 Å². The largest absolute Gasteiger partial charge is 0.352 e. The fourth-order valence-corrected chi connectivity index (χ4v) is 3.43. The van der Waals surface area contributed by atoms with Crippen LogP contribution in [0.1, 0.15) is 42.8 Å². The van der Waals surface area contributed by atoms with E-state index in [1.807, 2.05) is 11.4 Å². The number of hydrogen-bond acceptors (Lipinski definition) is 3. The van der Waals surface area contributed by atoms with Gasteiger partial charge in [-0.3, -0.25) is 9.59 Å². The van der Waals surface area contributed by atoms with E-state index in [-0.39, 0.29) is 24.4 Å². The predicted octanol–water partition coefficient (Wildman–Crippen LogP) is 2.52. The van der Waals surface area contributed by atoms with E-state index >= 15 is 0 Å². The molecule has 0 aliphatic heterocycles. The van der Waals surface area contributed by atoms with E-state index in [2.05, 4.69) is 19.2 Å². The molecular formula is C15H22N2O2S. The van der Waals surface area contributed by atoms with Crippen LogP contribution in [0.25, 0.3) is 0 Å². The number of hydrogen-bond donors (Lipinski definition) is 1. The molecule has 110 valence electrons. The van der Waals surface area contributed by atoms with Crippen LogP contribution in [0.3, 0.4) is 0 Å². The van der Waals surface area contributed by atoms with E-state index in [1.165, 1.54) is 16.2 Å². The normalized spacial score (nSPS) is 20.6. The van der Waals surface area contributed by atoms with Gasteiger partial charge in [-0.25, -0.2) is 0 Å². The molecule has 1 N–H and O–H groups in total. The van der Waals surface area contributed by atoms with Crippen molar-refractivity contribution in [3.63, 3.8) is 0 Å². The fraction of sp³-hybridized carbons (Fsp3) is 0.600. The van der Waals surface area contributed by atoms with Crippen LogP contribution < -0.4 is 5.32 Å². The maximum Gasteiger partial charge on any atom is 0.264 e. The van der Waals surface area contributed by atoms with Crippen LogP contribution in [0.15, 0.2) is 17.5 Å². The summed E-state index contributed by atoms with van der Waals surface area (Å²) in [5.41, 5.74) is 0.316. The van der Waals surface area contributed by atoms with Gasteiger partial charge in [-0.2, -0.15) is 0 Å². The first-order valence-electron chi connectivity index (χ1n) is 6.96. The number of nitrogens with zero attached hydrogens (tertiary/aromatic N) is 1. The molecule has 1 aromatic rings. The van der Waals surface area contributed by atoms with Crippen molar-refractivity contribution in [1.82, 2.24) is 10.2 Å². The van der Waals surface area contributed by atoms with Gasteiger partial charge in [0, 0.05) is 13.1 Å². The van der Waals surface area contributed by atoms with Crippen molar-refractivity contribution < 1.29 is 9.59 Å². The van der Waals surface area contributed by atoms with E-state index in [4.69, 9.17) is 0 Å². The van der Waals surface area contributed by atoms with Gasteiger partial charge in [0.05, 0.1) is 11.4 Å². The standard InChI is InChI=1S/C15H22N2O2S/c1-15(2)7-6-11(9-15)16-13(18)10-17(3)14(19)12-5-4-8-20-12/h4-5,8,11H,6-7,9-10H2,1-3H3,(H,16,18). The Labute approximate surface area is 124 Å². The molecule has 1 aromatic heterocycles. The molecule has 1 heterocycles. The number of amides is 2. The van der Waals surface area contributed by atoms with E-state index in [9.17, 15) is 9.59 Å². The van der Waals surface area contributed by atoms with Gasteiger partial charge in [0.25, 0.3) is 5.91 Å². The Kier molecular flexibility index (Phi) is 4.48. The summed E-state index contributed by atoms with van der Waals surface area (Å²) in [5, 5.41) is 4.90. The summed E-state index contributed by atoms with van der Waals surface area (Å²) < 4.78 is 0. The quantitative estimate of drug-likeness (QED) is 0.927. The Morgan fingerprint density at radius 1 is 1.50 bits per heavy atom. The molecule has 5 heteroatoms. The third-order valence-electron chi connectivity index (χ3n) is 3.79. The molecular weight excluding hydrogens is 272 g/mol. The van der Waals surface area contributed by atoms with E-state index < -0.39 is 0 Å². The maximum absolute atomic E-state index is 12.0. The second-order valence-electron chi connectivity index (χ2n) is 6.31. The third-order valence-corrected chi connectivity index (χ3v) is 4.65. The minimum Gasteiger partial charge on any atom is -0.352 e. The highest BCUT2D eigenvalue weighted by molar-refractivity contribution is 7.12. The van der Waals surface area contributed by atoms with Crippen molar-refractivity contribution in [2.45, 2.75) is 39.2 Å². The molecule has 1 saturated carbocycles. The molecule has 2 amide bonds. The smallest absolute Gasteiger partial charge is 0.264 e. The minimum atomic E-state index is -0.0955. The molecule has 4 nitrogen and oxygen atoms in total. The zero-order valence-corrected chi connectivity index (χ0v) is 13.1. The molecule has 1 atom stereocenters. The lowest BCUT2D eigenvalue weighted by atomic mass is 9.92. The Hall–Kier alpha value is -1.36. The van der Waals surface area contributed by atoms with Gasteiger partial charge >= 0.3 is 0 Å². The summed E-state index contributed by atoms with van der Waals surface area (Å²) in [4.78, 5) is 26.2. The average Bonchev–Trinajstić information content (AvgIpc) is 2.97. The highest BCUT2D eigenvalue weighted by Gasteiger charge is 2.31. The van der Waals surface area contributed by atoms with Gasteiger partial charge in [0.2, 0.25) is 5.91 Å². The van der Waals surface area contributed by atoms with Crippen LogP contribution in [0, 0.1) is 5.41 Å². The van der Waals surface area contributed by atoms with Crippen molar-refractivity contribution in [2.75, 3.05) is 13.6 Å². The number of rotatable bonds is 4. The average molecular weight is 294 g/mol. The summed E-state index contributed by atoms with van der Waals surface area (Å²) in [5.74, 6) is -0.165. The van der Waals surface area contributed by atoms with Gasteiger partial charge in [-0.15, -0.1) is 11.3 Å². The lowest BCUT2D eigenvalue weighted by Crippen LogP contribution is -2.42. The minimum absolute atomic E-state index is 0.0693. The van der Waals surface area contributed by atoms with Crippen molar-refractivity contribution in [1.29, 1.82) is 0 Å². The lowest BCUT2D eigenvalue weighted by Gasteiger charge is -2.20. The molecule has 1 aliphatic rings.